The van der Waals surface area contributed by atoms with Gasteiger partial charge in [0.25, 0.3) is 0 Å². The number of hydrogen-bond acceptors (Lipinski definition) is 3. The van der Waals surface area contributed by atoms with Gasteiger partial charge in [0.2, 0.25) is 5.91 Å². The molecule has 23 heavy (non-hydrogen) atoms. The molecule has 0 aromatic heterocycles. The summed E-state index contributed by atoms with van der Waals surface area (Å²) in [7, 11) is 1.62. The van der Waals surface area contributed by atoms with Crippen LogP contribution in [0.25, 0.3) is 0 Å². The van der Waals surface area contributed by atoms with Crippen molar-refractivity contribution < 1.29 is 19.4 Å². The molecular weight excluding hydrogens is 294 g/mol. The van der Waals surface area contributed by atoms with Gasteiger partial charge in [0.15, 0.2) is 0 Å². The predicted octanol–water partition coefficient (Wildman–Crippen LogP) is 3.29. The first-order chi connectivity index (χ1) is 10.9. The van der Waals surface area contributed by atoms with Gasteiger partial charge < -0.3 is 14.7 Å². The summed E-state index contributed by atoms with van der Waals surface area (Å²) in [5.41, 5.74) is 1.07. The van der Waals surface area contributed by atoms with Gasteiger partial charge in [0.05, 0.1) is 7.11 Å². The van der Waals surface area contributed by atoms with Crippen LogP contribution in [0.1, 0.15) is 51.5 Å². The fourth-order valence-electron chi connectivity index (χ4n) is 2.56. The van der Waals surface area contributed by atoms with Crippen molar-refractivity contribution in [2.24, 2.45) is 0 Å². The van der Waals surface area contributed by atoms with Gasteiger partial charge in [-0.1, -0.05) is 26.0 Å². The largest absolute Gasteiger partial charge is 0.497 e. The van der Waals surface area contributed by atoms with Gasteiger partial charge in [-0.25, -0.2) is 0 Å². The SMILES string of the molecule is CCC(CC(=O)N(CC(=O)O)C(C)CC)c1ccc(OC)cc1. The smallest absolute Gasteiger partial charge is 0.323 e. The van der Waals surface area contributed by atoms with Gasteiger partial charge in [-0.15, -0.1) is 0 Å². The van der Waals surface area contributed by atoms with Crippen molar-refractivity contribution in [3.8, 4) is 5.75 Å². The first kappa shape index (κ1) is 19.0. The van der Waals surface area contributed by atoms with Gasteiger partial charge in [-0.2, -0.15) is 0 Å². The van der Waals surface area contributed by atoms with E-state index in [9.17, 15) is 9.59 Å². The minimum Gasteiger partial charge on any atom is -0.497 e. The number of carbonyl (C=O) groups excluding carboxylic acids is 1. The molecule has 1 rings (SSSR count). The number of carboxylic acids is 1. The summed E-state index contributed by atoms with van der Waals surface area (Å²) in [5.74, 6) is -0.226. The van der Waals surface area contributed by atoms with Crippen LogP contribution >= 0.6 is 0 Å². The van der Waals surface area contributed by atoms with E-state index in [0.717, 1.165) is 24.2 Å². The van der Waals surface area contributed by atoms with Crippen LogP contribution in [0.3, 0.4) is 0 Å². The predicted molar refractivity (Wildman–Crippen MR) is 89.7 cm³/mol. The van der Waals surface area contributed by atoms with Crippen LogP contribution in [0, 0.1) is 0 Å². The molecular formula is C18H27NO4. The molecule has 0 aliphatic heterocycles. The maximum absolute atomic E-state index is 12.6. The Bertz CT molecular complexity index is 512. The second-order valence-electron chi connectivity index (χ2n) is 5.76. The summed E-state index contributed by atoms with van der Waals surface area (Å²) in [6, 6.07) is 7.61. The average molecular weight is 321 g/mol. The fraction of sp³-hybridized carbons (Fsp3) is 0.556. The van der Waals surface area contributed by atoms with E-state index in [1.54, 1.807) is 7.11 Å². The highest BCUT2D eigenvalue weighted by atomic mass is 16.5. The Morgan fingerprint density at radius 1 is 1.17 bits per heavy atom. The highest BCUT2D eigenvalue weighted by molar-refractivity contribution is 5.82. The van der Waals surface area contributed by atoms with Crippen LogP contribution in [-0.2, 0) is 9.59 Å². The maximum atomic E-state index is 12.6. The molecule has 0 fully saturated rings. The topological polar surface area (TPSA) is 66.8 Å². The number of hydrogen-bond donors (Lipinski definition) is 1. The molecule has 1 amide bonds. The first-order valence-corrected chi connectivity index (χ1v) is 8.08. The van der Waals surface area contributed by atoms with Crippen LogP contribution in [0.2, 0.25) is 0 Å². The van der Waals surface area contributed by atoms with Crippen molar-refractivity contribution in [3.05, 3.63) is 29.8 Å². The third-order valence-corrected chi connectivity index (χ3v) is 4.25. The number of ether oxygens (including phenoxy) is 1. The van der Waals surface area contributed by atoms with E-state index in [-0.39, 0.29) is 24.4 Å². The molecule has 2 unspecified atom stereocenters. The highest BCUT2D eigenvalue weighted by Gasteiger charge is 2.24. The summed E-state index contributed by atoms with van der Waals surface area (Å²) < 4.78 is 5.15. The molecule has 5 heteroatoms. The molecule has 1 aromatic rings. The lowest BCUT2D eigenvalue weighted by molar-refractivity contribution is -0.146. The fourth-order valence-corrected chi connectivity index (χ4v) is 2.56. The summed E-state index contributed by atoms with van der Waals surface area (Å²) in [6.07, 6.45) is 1.87. The standard InChI is InChI=1S/C18H27NO4/c1-5-13(3)19(12-18(21)22)17(20)11-14(6-2)15-7-9-16(23-4)10-8-15/h7-10,13-14H,5-6,11-12H2,1-4H3,(H,21,22). The summed E-state index contributed by atoms with van der Waals surface area (Å²) in [6.45, 7) is 5.63. The zero-order valence-corrected chi connectivity index (χ0v) is 14.4. The second kappa shape index (κ2) is 9.18. The number of carboxylic acid groups (broad SMARTS) is 1. The molecule has 1 N–H and O–H groups in total. The van der Waals surface area contributed by atoms with E-state index in [1.807, 2.05) is 45.0 Å². The van der Waals surface area contributed by atoms with Crippen LogP contribution in [0.4, 0.5) is 0 Å². The molecule has 0 bridgehead atoms. The van der Waals surface area contributed by atoms with Crippen molar-refractivity contribution in [2.45, 2.75) is 52.0 Å². The lowest BCUT2D eigenvalue weighted by Crippen LogP contribution is -2.42. The van der Waals surface area contributed by atoms with E-state index in [1.165, 1.54) is 4.90 Å². The van der Waals surface area contributed by atoms with Crippen LogP contribution in [0.5, 0.6) is 5.75 Å². The normalized spacial score (nSPS) is 13.2. The molecule has 0 saturated heterocycles. The molecule has 0 aliphatic carbocycles. The minimum absolute atomic E-state index is 0.0769. The number of benzene rings is 1. The van der Waals surface area contributed by atoms with E-state index >= 15 is 0 Å². The Morgan fingerprint density at radius 2 is 1.78 bits per heavy atom. The molecule has 0 saturated carbocycles. The molecule has 2 atom stereocenters. The van der Waals surface area contributed by atoms with E-state index in [2.05, 4.69) is 0 Å². The zero-order chi connectivity index (χ0) is 17.4. The van der Waals surface area contributed by atoms with E-state index < -0.39 is 5.97 Å². The zero-order valence-electron chi connectivity index (χ0n) is 14.4. The van der Waals surface area contributed by atoms with Crippen LogP contribution < -0.4 is 4.74 Å². The van der Waals surface area contributed by atoms with Crippen molar-refractivity contribution in [1.29, 1.82) is 0 Å². The Hall–Kier alpha value is -2.04. The van der Waals surface area contributed by atoms with E-state index in [0.29, 0.717) is 6.42 Å². The third kappa shape index (κ3) is 5.58. The number of rotatable bonds is 9. The first-order valence-electron chi connectivity index (χ1n) is 8.08. The van der Waals surface area contributed by atoms with Crippen molar-refractivity contribution in [1.82, 2.24) is 4.90 Å². The Balaban J connectivity index is 2.85. The van der Waals surface area contributed by atoms with Gasteiger partial charge in [-0.3, -0.25) is 9.59 Å². The molecule has 0 heterocycles. The van der Waals surface area contributed by atoms with Gasteiger partial charge >= 0.3 is 5.97 Å². The van der Waals surface area contributed by atoms with Gasteiger partial charge in [-0.05, 0) is 43.4 Å². The average Bonchev–Trinajstić information content (AvgIpc) is 2.56. The molecule has 5 nitrogen and oxygen atoms in total. The Kier molecular flexibility index (Phi) is 7.59. The van der Waals surface area contributed by atoms with Crippen molar-refractivity contribution in [3.63, 3.8) is 0 Å². The van der Waals surface area contributed by atoms with Crippen LogP contribution in [-0.4, -0.2) is 41.6 Å². The van der Waals surface area contributed by atoms with Gasteiger partial charge in [0, 0.05) is 12.5 Å². The number of amides is 1. The number of nitrogens with zero attached hydrogens (tertiary/aromatic N) is 1. The Morgan fingerprint density at radius 3 is 2.22 bits per heavy atom. The molecule has 0 spiro atoms. The minimum atomic E-state index is -0.976. The molecule has 0 radical (unpaired) electrons. The molecule has 128 valence electrons. The summed E-state index contributed by atoms with van der Waals surface area (Å²) in [4.78, 5) is 25.1. The maximum Gasteiger partial charge on any atom is 0.323 e. The Labute approximate surface area is 138 Å². The third-order valence-electron chi connectivity index (χ3n) is 4.25. The van der Waals surface area contributed by atoms with E-state index in [4.69, 9.17) is 9.84 Å². The lowest BCUT2D eigenvalue weighted by Gasteiger charge is -2.28. The number of aliphatic carboxylic acids is 1. The van der Waals surface area contributed by atoms with Crippen molar-refractivity contribution >= 4 is 11.9 Å². The number of carbonyl (C=O) groups is 2. The monoisotopic (exact) mass is 321 g/mol. The quantitative estimate of drug-likeness (QED) is 0.758. The van der Waals surface area contributed by atoms with Gasteiger partial charge in [0.1, 0.15) is 12.3 Å². The lowest BCUT2D eigenvalue weighted by atomic mass is 9.92. The summed E-state index contributed by atoms with van der Waals surface area (Å²) in [5, 5.41) is 9.04. The number of methoxy groups -OCH3 is 1. The van der Waals surface area contributed by atoms with Crippen molar-refractivity contribution in [2.75, 3.05) is 13.7 Å². The summed E-state index contributed by atoms with van der Waals surface area (Å²) >= 11 is 0. The van der Waals surface area contributed by atoms with Crippen LogP contribution in [0.15, 0.2) is 24.3 Å². The highest BCUT2D eigenvalue weighted by Crippen LogP contribution is 2.26. The molecule has 1 aromatic carbocycles. The second-order valence-corrected chi connectivity index (χ2v) is 5.76. The molecule has 0 aliphatic rings.